The largest absolute Gasteiger partial charge is 0.305 e. The first-order chi connectivity index (χ1) is 8.60. The van der Waals surface area contributed by atoms with E-state index in [2.05, 4.69) is 20.5 Å². The summed E-state index contributed by atoms with van der Waals surface area (Å²) in [6, 6.07) is 2.72. The van der Waals surface area contributed by atoms with Gasteiger partial charge in [0.1, 0.15) is 11.0 Å². The van der Waals surface area contributed by atoms with Gasteiger partial charge in [0.2, 0.25) is 0 Å². The summed E-state index contributed by atoms with van der Waals surface area (Å²) in [5.74, 6) is -0.820. The van der Waals surface area contributed by atoms with E-state index in [1.165, 1.54) is 0 Å². The van der Waals surface area contributed by atoms with Gasteiger partial charge in [-0.25, -0.2) is 9.37 Å². The van der Waals surface area contributed by atoms with E-state index < -0.39 is 11.7 Å². The number of aryl methyl sites for hydroxylation is 1. The minimum atomic E-state index is -0.624. The maximum Gasteiger partial charge on any atom is 0.260 e. The van der Waals surface area contributed by atoms with Crippen molar-refractivity contribution < 1.29 is 9.18 Å². The summed E-state index contributed by atoms with van der Waals surface area (Å²) in [4.78, 5) is 15.4. The van der Waals surface area contributed by atoms with E-state index >= 15 is 0 Å². The number of carbonyl (C=O) groups excluding carboxylic acids is 1. The van der Waals surface area contributed by atoms with Crippen molar-refractivity contribution in [1.29, 1.82) is 0 Å². The SMILES string of the molecule is CCc1cc(NC(=O)c2cc(F)cnc2Cl)n[nH]1. The first kappa shape index (κ1) is 12.5. The quantitative estimate of drug-likeness (QED) is 0.840. The molecule has 0 aliphatic rings. The van der Waals surface area contributed by atoms with Crippen LogP contribution in [-0.4, -0.2) is 21.1 Å². The van der Waals surface area contributed by atoms with Crippen molar-refractivity contribution in [2.45, 2.75) is 13.3 Å². The van der Waals surface area contributed by atoms with E-state index in [-0.39, 0.29) is 10.7 Å². The van der Waals surface area contributed by atoms with E-state index in [1.54, 1.807) is 6.07 Å². The molecule has 0 atom stereocenters. The first-order valence-electron chi connectivity index (χ1n) is 5.27. The number of hydrogen-bond donors (Lipinski definition) is 2. The number of halogens is 2. The van der Waals surface area contributed by atoms with Gasteiger partial charge in [-0.2, -0.15) is 5.10 Å². The molecule has 5 nitrogen and oxygen atoms in total. The van der Waals surface area contributed by atoms with Gasteiger partial charge < -0.3 is 5.32 Å². The minimum absolute atomic E-state index is 0.0299. The lowest BCUT2D eigenvalue weighted by Gasteiger charge is -2.03. The monoisotopic (exact) mass is 268 g/mol. The molecule has 2 aromatic heterocycles. The Morgan fingerprint density at radius 2 is 2.33 bits per heavy atom. The number of H-pyrrole nitrogens is 1. The van der Waals surface area contributed by atoms with E-state index in [1.807, 2.05) is 6.92 Å². The summed E-state index contributed by atoms with van der Waals surface area (Å²) in [5.41, 5.74) is 0.853. The fourth-order valence-electron chi connectivity index (χ4n) is 1.37. The van der Waals surface area contributed by atoms with Crippen LogP contribution in [0.3, 0.4) is 0 Å². The van der Waals surface area contributed by atoms with Gasteiger partial charge in [0, 0.05) is 11.8 Å². The maximum absolute atomic E-state index is 13.0. The first-order valence-corrected chi connectivity index (χ1v) is 5.64. The molecule has 0 radical (unpaired) electrons. The summed E-state index contributed by atoms with van der Waals surface area (Å²) in [6.45, 7) is 1.95. The zero-order valence-electron chi connectivity index (χ0n) is 9.50. The van der Waals surface area contributed by atoms with Gasteiger partial charge >= 0.3 is 0 Å². The molecule has 2 rings (SSSR count). The number of rotatable bonds is 3. The molecule has 7 heteroatoms. The Bertz CT molecular complexity index is 584. The van der Waals surface area contributed by atoms with Gasteiger partial charge in [-0.05, 0) is 12.5 Å². The molecule has 2 heterocycles. The molecule has 0 spiro atoms. The van der Waals surface area contributed by atoms with Crippen LogP contribution < -0.4 is 5.32 Å². The zero-order valence-corrected chi connectivity index (χ0v) is 10.3. The van der Waals surface area contributed by atoms with Crippen molar-refractivity contribution in [2.24, 2.45) is 0 Å². The molecule has 0 aromatic carbocycles. The molecule has 18 heavy (non-hydrogen) atoms. The number of nitrogens with one attached hydrogen (secondary N) is 2. The van der Waals surface area contributed by atoms with Crippen LogP contribution in [0.25, 0.3) is 0 Å². The highest BCUT2D eigenvalue weighted by molar-refractivity contribution is 6.33. The fraction of sp³-hybridized carbons (Fsp3) is 0.182. The Labute approximate surface area is 107 Å². The Morgan fingerprint density at radius 1 is 1.56 bits per heavy atom. The second-order valence-corrected chi connectivity index (χ2v) is 3.94. The second-order valence-electron chi connectivity index (χ2n) is 3.58. The molecule has 0 saturated heterocycles. The van der Waals surface area contributed by atoms with Gasteiger partial charge in [0.15, 0.2) is 5.82 Å². The molecular formula is C11H10ClFN4O. The summed E-state index contributed by atoms with van der Waals surface area (Å²) in [6.07, 6.45) is 1.72. The second kappa shape index (κ2) is 5.14. The van der Waals surface area contributed by atoms with Gasteiger partial charge in [0.05, 0.1) is 11.8 Å². The molecule has 2 aromatic rings. The number of carbonyl (C=O) groups is 1. The molecule has 0 unspecified atom stereocenters. The molecule has 0 fully saturated rings. The van der Waals surface area contributed by atoms with Crippen LogP contribution in [-0.2, 0) is 6.42 Å². The van der Waals surface area contributed by atoms with Crippen molar-refractivity contribution in [3.63, 3.8) is 0 Å². The molecule has 0 aliphatic heterocycles. The lowest BCUT2D eigenvalue weighted by molar-refractivity contribution is 0.102. The van der Waals surface area contributed by atoms with E-state index in [0.717, 1.165) is 24.4 Å². The van der Waals surface area contributed by atoms with Gasteiger partial charge in [0.25, 0.3) is 5.91 Å². The predicted octanol–water partition coefficient (Wildman–Crippen LogP) is 2.41. The molecule has 94 valence electrons. The molecule has 1 amide bonds. The summed E-state index contributed by atoms with van der Waals surface area (Å²) in [7, 11) is 0. The van der Waals surface area contributed by atoms with E-state index in [9.17, 15) is 9.18 Å². The fourth-order valence-corrected chi connectivity index (χ4v) is 1.56. The maximum atomic E-state index is 13.0. The van der Waals surface area contributed by atoms with Crippen LogP contribution in [0.15, 0.2) is 18.3 Å². The Kier molecular flexibility index (Phi) is 3.57. The lowest BCUT2D eigenvalue weighted by atomic mass is 10.2. The van der Waals surface area contributed by atoms with Gasteiger partial charge in [-0.1, -0.05) is 18.5 Å². The average molecular weight is 269 g/mol. The van der Waals surface area contributed by atoms with Crippen molar-refractivity contribution in [2.75, 3.05) is 5.32 Å². The zero-order chi connectivity index (χ0) is 13.1. The number of hydrogen-bond acceptors (Lipinski definition) is 3. The summed E-state index contributed by atoms with van der Waals surface area (Å²) in [5, 5.41) is 9.09. The normalized spacial score (nSPS) is 10.4. The van der Waals surface area contributed by atoms with Crippen LogP contribution in [0, 0.1) is 5.82 Å². The van der Waals surface area contributed by atoms with Crippen LogP contribution >= 0.6 is 11.6 Å². The molecule has 0 aliphatic carbocycles. The van der Waals surface area contributed by atoms with Gasteiger partial charge in [-0.3, -0.25) is 9.89 Å². The summed E-state index contributed by atoms with van der Waals surface area (Å²) >= 11 is 5.72. The highest BCUT2D eigenvalue weighted by Crippen LogP contribution is 2.16. The van der Waals surface area contributed by atoms with Crippen molar-refractivity contribution in [1.82, 2.24) is 15.2 Å². The number of anilines is 1. The number of pyridine rings is 1. The van der Waals surface area contributed by atoms with E-state index in [0.29, 0.717) is 5.82 Å². The average Bonchev–Trinajstić information content (AvgIpc) is 2.80. The van der Waals surface area contributed by atoms with Crippen molar-refractivity contribution >= 4 is 23.3 Å². The molecule has 0 saturated carbocycles. The third-order valence-electron chi connectivity index (χ3n) is 2.30. The summed E-state index contributed by atoms with van der Waals surface area (Å²) < 4.78 is 13.0. The Balaban J connectivity index is 2.19. The highest BCUT2D eigenvalue weighted by Gasteiger charge is 2.14. The van der Waals surface area contributed by atoms with Crippen LogP contribution in [0.1, 0.15) is 23.0 Å². The van der Waals surface area contributed by atoms with E-state index in [4.69, 9.17) is 11.6 Å². The smallest absolute Gasteiger partial charge is 0.260 e. The van der Waals surface area contributed by atoms with Crippen LogP contribution in [0.4, 0.5) is 10.2 Å². The van der Waals surface area contributed by atoms with Crippen molar-refractivity contribution in [3.05, 3.63) is 40.6 Å². The predicted molar refractivity (Wildman–Crippen MR) is 65.1 cm³/mol. The Morgan fingerprint density at radius 3 is 3.00 bits per heavy atom. The molecular weight excluding hydrogens is 259 g/mol. The lowest BCUT2D eigenvalue weighted by Crippen LogP contribution is -2.13. The standard InChI is InChI=1S/C11H10ClFN4O/c1-2-7-4-9(17-16-7)15-11(18)8-3-6(13)5-14-10(8)12/h3-5H,2H2,1H3,(H2,15,16,17,18). The van der Waals surface area contributed by atoms with Crippen LogP contribution in [0.5, 0.6) is 0 Å². The number of aromatic amines is 1. The highest BCUT2D eigenvalue weighted by atomic mass is 35.5. The molecule has 0 bridgehead atoms. The third-order valence-corrected chi connectivity index (χ3v) is 2.60. The minimum Gasteiger partial charge on any atom is -0.305 e. The van der Waals surface area contributed by atoms with Gasteiger partial charge in [-0.15, -0.1) is 0 Å². The number of nitrogens with zero attached hydrogens (tertiary/aromatic N) is 2. The number of amides is 1. The topological polar surface area (TPSA) is 70.7 Å². The van der Waals surface area contributed by atoms with Crippen molar-refractivity contribution in [3.8, 4) is 0 Å². The number of aromatic nitrogens is 3. The third kappa shape index (κ3) is 2.65. The Hall–Kier alpha value is -1.95. The molecule has 2 N–H and O–H groups in total. The van der Waals surface area contributed by atoms with Crippen LogP contribution in [0.2, 0.25) is 5.15 Å².